The topological polar surface area (TPSA) is 130 Å². The minimum absolute atomic E-state index is 0.416. The van der Waals surface area contributed by atoms with E-state index in [9.17, 15) is 24.3 Å². The molecule has 3 unspecified atom stereocenters. The molecule has 2 aliphatic carbocycles. The third-order valence-electron chi connectivity index (χ3n) is 3.80. The maximum atomic E-state index is 11.8. The summed E-state index contributed by atoms with van der Waals surface area (Å²) in [5.41, 5.74) is -2.73. The molecule has 4 atom stereocenters. The first kappa shape index (κ1) is 15.3. The van der Waals surface area contributed by atoms with Crippen molar-refractivity contribution in [3.8, 4) is 0 Å². The lowest BCUT2D eigenvalue weighted by Gasteiger charge is -2.29. The average Bonchev–Trinajstić information content (AvgIpc) is 2.94. The summed E-state index contributed by atoms with van der Waals surface area (Å²) in [6, 6.07) is 0. The molecule has 2 saturated carbocycles. The van der Waals surface area contributed by atoms with Crippen molar-refractivity contribution >= 4 is 23.8 Å². The largest absolute Gasteiger partial charge is 0.481 e. The molecule has 0 aromatic heterocycles. The summed E-state index contributed by atoms with van der Waals surface area (Å²) in [7, 11) is 0. The van der Waals surface area contributed by atoms with E-state index in [-0.39, 0.29) is 0 Å². The number of ether oxygens (including phenoxy) is 1. The van der Waals surface area contributed by atoms with Gasteiger partial charge in [0.05, 0.1) is 5.92 Å². The number of carbonyl (C=O) groups excluding carboxylic acids is 2. The van der Waals surface area contributed by atoms with Gasteiger partial charge in [-0.2, -0.15) is 0 Å². The van der Waals surface area contributed by atoms with E-state index in [1.165, 1.54) is 0 Å². The van der Waals surface area contributed by atoms with Gasteiger partial charge in [0.25, 0.3) is 0 Å². The fourth-order valence-electron chi connectivity index (χ4n) is 3.03. The van der Waals surface area contributed by atoms with Gasteiger partial charge in [-0.3, -0.25) is 9.59 Å². The van der Waals surface area contributed by atoms with Crippen molar-refractivity contribution in [2.24, 2.45) is 17.8 Å². The second-order valence-electron chi connectivity index (χ2n) is 6.46. The van der Waals surface area contributed by atoms with Gasteiger partial charge in [-0.05, 0) is 20.8 Å². The lowest BCUT2D eigenvalue weighted by atomic mass is 9.90. The number of fused-ring (bicyclic) bond motifs is 1. The zero-order valence-corrected chi connectivity index (χ0v) is 11.9. The number of alkyl carbamates (subject to hydrolysis) is 1. The predicted octanol–water partition coefficient (Wildman–Crippen LogP) is 0.254. The first-order chi connectivity index (χ1) is 9.49. The molecular weight excluding hydrogens is 282 g/mol. The Kier molecular flexibility index (Phi) is 3.23. The summed E-state index contributed by atoms with van der Waals surface area (Å²) in [5.74, 6) is -5.92. The summed E-state index contributed by atoms with van der Waals surface area (Å²) >= 11 is 0. The van der Waals surface area contributed by atoms with Crippen molar-refractivity contribution in [1.82, 2.24) is 5.32 Å². The minimum Gasteiger partial charge on any atom is -0.481 e. The first-order valence-corrected chi connectivity index (χ1v) is 6.50. The highest BCUT2D eigenvalue weighted by Crippen LogP contribution is 2.60. The molecule has 0 aliphatic heterocycles. The van der Waals surface area contributed by atoms with Gasteiger partial charge in [0.2, 0.25) is 0 Å². The molecule has 8 heteroatoms. The van der Waals surface area contributed by atoms with Crippen molar-refractivity contribution in [3.63, 3.8) is 0 Å². The molecule has 8 nitrogen and oxygen atoms in total. The van der Waals surface area contributed by atoms with Crippen LogP contribution in [0.25, 0.3) is 0 Å². The SMILES string of the molecule is CC(C)(C)OC(=O)N[C@]1(C(=O)O)CC(=O)C2C(C(=O)O)C21. The summed E-state index contributed by atoms with van der Waals surface area (Å²) in [6.45, 7) is 4.83. The van der Waals surface area contributed by atoms with Crippen LogP contribution < -0.4 is 5.32 Å². The van der Waals surface area contributed by atoms with Crippen molar-refractivity contribution in [2.45, 2.75) is 38.3 Å². The van der Waals surface area contributed by atoms with Gasteiger partial charge in [0.1, 0.15) is 11.4 Å². The van der Waals surface area contributed by atoms with Crippen LogP contribution in [0, 0.1) is 17.8 Å². The lowest BCUT2D eigenvalue weighted by molar-refractivity contribution is -0.148. The van der Waals surface area contributed by atoms with E-state index in [1.807, 2.05) is 0 Å². The van der Waals surface area contributed by atoms with E-state index in [1.54, 1.807) is 20.8 Å². The van der Waals surface area contributed by atoms with Gasteiger partial charge in [0, 0.05) is 18.3 Å². The van der Waals surface area contributed by atoms with Crippen molar-refractivity contribution in [2.75, 3.05) is 0 Å². The van der Waals surface area contributed by atoms with Crippen LogP contribution in [0.3, 0.4) is 0 Å². The van der Waals surface area contributed by atoms with Crippen molar-refractivity contribution in [1.29, 1.82) is 0 Å². The van der Waals surface area contributed by atoms with E-state index >= 15 is 0 Å². The molecule has 3 N–H and O–H groups in total. The van der Waals surface area contributed by atoms with Gasteiger partial charge in [-0.15, -0.1) is 0 Å². The molecule has 1 amide bonds. The quantitative estimate of drug-likeness (QED) is 0.681. The van der Waals surface area contributed by atoms with E-state index in [4.69, 9.17) is 9.84 Å². The Morgan fingerprint density at radius 3 is 2.24 bits per heavy atom. The van der Waals surface area contributed by atoms with Gasteiger partial charge >= 0.3 is 18.0 Å². The number of carboxylic acid groups (broad SMARTS) is 2. The number of hydrogen-bond donors (Lipinski definition) is 3. The zero-order valence-electron chi connectivity index (χ0n) is 11.9. The highest BCUT2D eigenvalue weighted by molar-refractivity contribution is 6.04. The number of rotatable bonds is 3. The van der Waals surface area contributed by atoms with Crippen molar-refractivity contribution in [3.05, 3.63) is 0 Å². The Morgan fingerprint density at radius 1 is 1.29 bits per heavy atom. The molecule has 0 saturated heterocycles. The number of hydrogen-bond acceptors (Lipinski definition) is 5. The summed E-state index contributed by atoms with van der Waals surface area (Å²) in [4.78, 5) is 46.2. The van der Waals surface area contributed by atoms with Crippen LogP contribution in [0.5, 0.6) is 0 Å². The Bertz CT molecular complexity index is 531. The maximum absolute atomic E-state index is 11.8. The van der Waals surface area contributed by atoms with Crippen LogP contribution in [0.1, 0.15) is 27.2 Å². The first-order valence-electron chi connectivity index (χ1n) is 6.50. The molecule has 2 rings (SSSR count). The fraction of sp³-hybridized carbons (Fsp3) is 0.692. The van der Waals surface area contributed by atoms with Crippen LogP contribution in [0.15, 0.2) is 0 Å². The van der Waals surface area contributed by atoms with E-state index in [0.29, 0.717) is 0 Å². The molecule has 116 valence electrons. The van der Waals surface area contributed by atoms with Crippen LogP contribution in [-0.2, 0) is 19.1 Å². The number of ketones is 1. The summed E-state index contributed by atoms with van der Waals surface area (Å²) in [5, 5.41) is 20.6. The highest BCUT2D eigenvalue weighted by Gasteiger charge is 2.76. The van der Waals surface area contributed by atoms with Gasteiger partial charge in [-0.1, -0.05) is 0 Å². The fourth-order valence-corrected chi connectivity index (χ4v) is 3.03. The molecule has 21 heavy (non-hydrogen) atoms. The van der Waals surface area contributed by atoms with Crippen LogP contribution in [-0.4, -0.2) is 45.2 Å². The Labute approximate surface area is 120 Å². The second-order valence-corrected chi connectivity index (χ2v) is 6.46. The molecule has 0 spiro atoms. The number of amides is 1. The molecule has 0 aromatic rings. The van der Waals surface area contributed by atoms with Crippen molar-refractivity contribution < 1.29 is 34.1 Å². The molecule has 0 radical (unpaired) electrons. The molecule has 2 aliphatic rings. The summed E-state index contributed by atoms with van der Waals surface area (Å²) in [6.07, 6.45) is -1.39. The lowest BCUT2D eigenvalue weighted by Crippen LogP contribution is -2.57. The minimum atomic E-state index is -1.90. The smallest absolute Gasteiger partial charge is 0.408 e. The van der Waals surface area contributed by atoms with Crippen LogP contribution in [0.4, 0.5) is 4.79 Å². The Balaban J connectivity index is 2.23. The monoisotopic (exact) mass is 299 g/mol. The van der Waals surface area contributed by atoms with Gasteiger partial charge in [-0.25, -0.2) is 9.59 Å². The number of Topliss-reactive ketones (excluding diaryl/α,β-unsaturated/α-hetero) is 1. The highest BCUT2D eigenvalue weighted by atomic mass is 16.6. The zero-order chi connectivity index (χ0) is 16.2. The average molecular weight is 299 g/mol. The third-order valence-corrected chi connectivity index (χ3v) is 3.80. The molecular formula is C13H17NO7. The van der Waals surface area contributed by atoms with E-state index < -0.39 is 59.1 Å². The van der Waals surface area contributed by atoms with Gasteiger partial charge in [0.15, 0.2) is 5.54 Å². The number of carbonyl (C=O) groups is 4. The van der Waals surface area contributed by atoms with E-state index in [0.717, 1.165) is 0 Å². The molecule has 0 heterocycles. The van der Waals surface area contributed by atoms with Crippen LogP contribution >= 0.6 is 0 Å². The number of carboxylic acids is 2. The normalized spacial score (nSPS) is 34.0. The number of aliphatic carboxylic acids is 2. The number of nitrogens with one attached hydrogen (secondary N) is 1. The standard InChI is InChI=1S/C13H17NO7/c1-12(2,3)21-11(20)14-13(10(18)19)4-5(15)6-7(8(6)13)9(16)17/h6-8H,4H2,1-3H3,(H,14,20)(H,16,17)(H,18,19)/t6?,7?,8?,13-/m1/s1. The summed E-state index contributed by atoms with van der Waals surface area (Å²) < 4.78 is 5.00. The molecule has 0 bridgehead atoms. The Hall–Kier alpha value is -2.12. The third kappa shape index (κ3) is 2.45. The van der Waals surface area contributed by atoms with E-state index in [2.05, 4.69) is 5.32 Å². The predicted molar refractivity (Wildman–Crippen MR) is 67.5 cm³/mol. The van der Waals surface area contributed by atoms with Gasteiger partial charge < -0.3 is 20.3 Å². The maximum Gasteiger partial charge on any atom is 0.408 e. The second kappa shape index (κ2) is 4.44. The van der Waals surface area contributed by atoms with Crippen LogP contribution in [0.2, 0.25) is 0 Å². The molecule has 0 aromatic carbocycles. The Morgan fingerprint density at radius 2 is 1.86 bits per heavy atom. The molecule has 2 fully saturated rings.